The van der Waals surface area contributed by atoms with E-state index in [0.29, 0.717) is 13.3 Å². The topological polar surface area (TPSA) is 49.2 Å². The highest BCUT2D eigenvalue weighted by Gasteiger charge is 2.22. The minimum absolute atomic E-state index is 0.279. The van der Waals surface area contributed by atoms with Gasteiger partial charge in [-0.15, -0.1) is 0 Å². The summed E-state index contributed by atoms with van der Waals surface area (Å²) in [7, 11) is 0.428. The van der Waals surface area contributed by atoms with Gasteiger partial charge in [0.05, 0.1) is 18.5 Å². The Kier molecular flexibility index (Phi) is 7.24. The number of hydrogen-bond donors (Lipinski definition) is 0. The summed E-state index contributed by atoms with van der Waals surface area (Å²) >= 11 is 0. The molecule has 0 radical (unpaired) electrons. The van der Waals surface area contributed by atoms with Crippen LogP contribution in [0.2, 0.25) is 25.7 Å². The Morgan fingerprint density at radius 2 is 1.50 bits per heavy atom. The fraction of sp³-hybridized carbons (Fsp3) is 0.259. The molecule has 0 N–H and O–H groups in total. The molecule has 4 aromatic rings. The van der Waals surface area contributed by atoms with Crippen molar-refractivity contribution in [3.05, 3.63) is 78.9 Å². The van der Waals surface area contributed by atoms with Crippen molar-refractivity contribution in [2.75, 3.05) is 13.7 Å². The molecule has 176 valence electrons. The summed E-state index contributed by atoms with van der Waals surface area (Å²) in [6.07, 6.45) is 3.53. The zero-order valence-corrected chi connectivity index (χ0v) is 21.1. The fourth-order valence-electron chi connectivity index (χ4n) is 3.68. The lowest BCUT2D eigenvalue weighted by molar-refractivity contribution is 0.0893. The first-order valence-corrected chi connectivity index (χ1v) is 15.1. The SMILES string of the molecule is COc1ccc(-c2nc(-c3ccc(F)cc3)c(-c3ccncc3)n2COCC[Si](C)(C)C)cc1. The third-order valence-electron chi connectivity index (χ3n) is 5.60. The molecule has 0 unspecified atom stereocenters. The second-order valence-electron chi connectivity index (χ2n) is 9.38. The molecule has 0 atom stereocenters. The predicted octanol–water partition coefficient (Wildman–Crippen LogP) is 6.74. The monoisotopic (exact) mass is 475 g/mol. The van der Waals surface area contributed by atoms with Gasteiger partial charge in [0.15, 0.2) is 0 Å². The summed E-state index contributed by atoms with van der Waals surface area (Å²) in [6.45, 7) is 8.07. The number of halogens is 1. The van der Waals surface area contributed by atoms with Crippen LogP contribution in [0.25, 0.3) is 33.9 Å². The Morgan fingerprint density at radius 1 is 0.853 bits per heavy atom. The van der Waals surface area contributed by atoms with Crippen molar-refractivity contribution in [1.82, 2.24) is 14.5 Å². The predicted molar refractivity (Wildman–Crippen MR) is 137 cm³/mol. The van der Waals surface area contributed by atoms with Crippen molar-refractivity contribution in [2.45, 2.75) is 32.4 Å². The van der Waals surface area contributed by atoms with Crippen molar-refractivity contribution in [3.63, 3.8) is 0 Å². The minimum atomic E-state index is -1.22. The molecule has 0 bridgehead atoms. The molecule has 34 heavy (non-hydrogen) atoms. The number of hydrogen-bond acceptors (Lipinski definition) is 4. The van der Waals surface area contributed by atoms with Gasteiger partial charge in [-0.25, -0.2) is 9.37 Å². The molecule has 0 aliphatic rings. The average molecular weight is 476 g/mol. The molecule has 0 fully saturated rings. The van der Waals surface area contributed by atoms with Gasteiger partial charge in [-0.1, -0.05) is 19.6 Å². The summed E-state index contributed by atoms with van der Waals surface area (Å²) in [4.78, 5) is 9.23. The number of nitrogens with zero attached hydrogens (tertiary/aromatic N) is 3. The molecule has 0 saturated carbocycles. The van der Waals surface area contributed by atoms with Crippen molar-refractivity contribution >= 4 is 8.07 Å². The van der Waals surface area contributed by atoms with Crippen LogP contribution in [0.4, 0.5) is 4.39 Å². The fourth-order valence-corrected chi connectivity index (χ4v) is 4.44. The van der Waals surface area contributed by atoms with E-state index in [-0.39, 0.29) is 5.82 Å². The van der Waals surface area contributed by atoms with E-state index in [9.17, 15) is 4.39 Å². The summed E-state index contributed by atoms with van der Waals surface area (Å²) in [6, 6.07) is 19.3. The smallest absolute Gasteiger partial charge is 0.143 e. The van der Waals surface area contributed by atoms with Gasteiger partial charge < -0.3 is 9.47 Å². The Labute approximate surface area is 201 Å². The summed E-state index contributed by atoms with van der Waals surface area (Å²) in [5, 5.41) is 0. The van der Waals surface area contributed by atoms with Gasteiger partial charge >= 0.3 is 0 Å². The van der Waals surface area contributed by atoms with Crippen LogP contribution in [0, 0.1) is 5.82 Å². The first-order valence-electron chi connectivity index (χ1n) is 11.3. The maximum atomic E-state index is 13.7. The maximum Gasteiger partial charge on any atom is 0.143 e. The highest BCUT2D eigenvalue weighted by atomic mass is 28.3. The Balaban J connectivity index is 1.85. The molecule has 4 rings (SSSR count). The van der Waals surface area contributed by atoms with E-state index in [0.717, 1.165) is 45.7 Å². The standard InChI is InChI=1S/C27H30FN3O2Si/c1-32-24-11-7-22(8-12-24)27-30-25(20-5-9-23(28)10-6-20)26(21-13-15-29-16-14-21)31(27)19-33-17-18-34(2,3)4/h5-16H,17-19H2,1-4H3. The minimum Gasteiger partial charge on any atom is -0.497 e. The Morgan fingerprint density at radius 3 is 2.12 bits per heavy atom. The highest BCUT2D eigenvalue weighted by molar-refractivity contribution is 6.76. The highest BCUT2D eigenvalue weighted by Crippen LogP contribution is 2.36. The van der Waals surface area contributed by atoms with E-state index < -0.39 is 8.07 Å². The van der Waals surface area contributed by atoms with E-state index >= 15 is 0 Å². The molecule has 0 saturated heterocycles. The van der Waals surface area contributed by atoms with Gasteiger partial charge in [0, 0.05) is 43.8 Å². The van der Waals surface area contributed by atoms with Crippen molar-refractivity contribution < 1.29 is 13.9 Å². The quantitative estimate of drug-likeness (QED) is 0.199. The number of imidazole rings is 1. The zero-order chi connectivity index (χ0) is 24.1. The summed E-state index contributed by atoms with van der Waals surface area (Å²) < 4.78 is 27.3. The van der Waals surface area contributed by atoms with Crippen LogP contribution in [-0.2, 0) is 11.5 Å². The van der Waals surface area contributed by atoms with Gasteiger partial charge in [-0.2, -0.15) is 0 Å². The van der Waals surface area contributed by atoms with Crippen molar-refractivity contribution in [2.24, 2.45) is 0 Å². The first-order chi connectivity index (χ1) is 16.4. The summed E-state index contributed by atoms with van der Waals surface area (Å²) in [5.41, 5.74) is 4.43. The molecule has 0 aliphatic heterocycles. The Hall–Kier alpha value is -3.29. The molecule has 0 amide bonds. The Bertz CT molecular complexity index is 1220. The van der Waals surface area contributed by atoms with E-state index in [1.165, 1.54) is 12.1 Å². The van der Waals surface area contributed by atoms with Crippen LogP contribution < -0.4 is 4.74 Å². The molecule has 7 heteroatoms. The van der Waals surface area contributed by atoms with Crippen LogP contribution in [-0.4, -0.2) is 36.3 Å². The molecule has 2 aromatic heterocycles. The lowest BCUT2D eigenvalue weighted by Crippen LogP contribution is -2.22. The second-order valence-corrected chi connectivity index (χ2v) is 15.0. The van der Waals surface area contributed by atoms with Crippen LogP contribution in [0.3, 0.4) is 0 Å². The lowest BCUT2D eigenvalue weighted by Gasteiger charge is -2.17. The molecular formula is C27H30FN3O2Si. The first kappa shape index (κ1) is 23.9. The number of pyridine rings is 1. The third kappa shape index (κ3) is 5.60. The van der Waals surface area contributed by atoms with Crippen LogP contribution in [0.5, 0.6) is 5.75 Å². The number of methoxy groups -OCH3 is 1. The molecule has 2 aromatic carbocycles. The van der Waals surface area contributed by atoms with E-state index in [2.05, 4.69) is 29.2 Å². The van der Waals surface area contributed by atoms with Crippen molar-refractivity contribution in [1.29, 1.82) is 0 Å². The number of ether oxygens (including phenoxy) is 2. The number of rotatable bonds is 9. The third-order valence-corrected chi connectivity index (χ3v) is 7.31. The maximum absolute atomic E-state index is 13.7. The second kappa shape index (κ2) is 10.3. The zero-order valence-electron chi connectivity index (χ0n) is 20.1. The molecule has 0 spiro atoms. The molecule has 5 nitrogen and oxygen atoms in total. The van der Waals surface area contributed by atoms with Gasteiger partial charge in [-0.05, 0) is 66.7 Å². The van der Waals surface area contributed by atoms with Crippen LogP contribution >= 0.6 is 0 Å². The van der Waals surface area contributed by atoms with E-state index in [1.54, 1.807) is 31.6 Å². The molecule has 0 aliphatic carbocycles. The largest absolute Gasteiger partial charge is 0.497 e. The van der Waals surface area contributed by atoms with Gasteiger partial charge in [-0.3, -0.25) is 9.55 Å². The van der Waals surface area contributed by atoms with Crippen LogP contribution in [0.1, 0.15) is 0 Å². The van der Waals surface area contributed by atoms with E-state index in [1.807, 2.05) is 36.4 Å². The van der Waals surface area contributed by atoms with Gasteiger partial charge in [0.2, 0.25) is 0 Å². The van der Waals surface area contributed by atoms with Gasteiger partial charge in [0.1, 0.15) is 24.1 Å². The number of benzene rings is 2. The number of aromatic nitrogens is 3. The molecule has 2 heterocycles. The van der Waals surface area contributed by atoms with Gasteiger partial charge in [0.25, 0.3) is 0 Å². The lowest BCUT2D eigenvalue weighted by atomic mass is 10.1. The normalized spacial score (nSPS) is 11.6. The summed E-state index contributed by atoms with van der Waals surface area (Å²) in [5.74, 6) is 1.28. The van der Waals surface area contributed by atoms with E-state index in [4.69, 9.17) is 14.5 Å². The molecular weight excluding hydrogens is 445 g/mol. The van der Waals surface area contributed by atoms with Crippen molar-refractivity contribution in [3.8, 4) is 39.7 Å². The average Bonchev–Trinajstić information content (AvgIpc) is 3.21. The van der Waals surface area contributed by atoms with Crippen LogP contribution in [0.15, 0.2) is 73.1 Å².